The van der Waals surface area contributed by atoms with E-state index in [1.165, 1.54) is 5.56 Å². The Kier molecular flexibility index (Phi) is 4.85. The molecular weight excluding hydrogens is 376 g/mol. The van der Waals surface area contributed by atoms with Crippen molar-refractivity contribution in [3.8, 4) is 5.75 Å². The van der Waals surface area contributed by atoms with E-state index in [0.717, 1.165) is 59.3 Å². The number of aliphatic hydroxyl groups is 2. The van der Waals surface area contributed by atoms with Crippen LogP contribution in [0.1, 0.15) is 53.7 Å². The number of hydrogen-bond acceptors (Lipinski definition) is 4. The fourth-order valence-corrected chi connectivity index (χ4v) is 5.09. The molecule has 30 heavy (non-hydrogen) atoms. The number of likely N-dealkylation sites (tertiary alicyclic amines) is 1. The number of nitrogens with zero attached hydrogens (tertiary/aromatic N) is 1. The lowest BCUT2D eigenvalue weighted by atomic mass is 9.81. The number of aromatic amines is 1. The third-order valence-corrected chi connectivity index (χ3v) is 6.84. The van der Waals surface area contributed by atoms with Gasteiger partial charge in [0.1, 0.15) is 11.4 Å². The molecule has 2 aliphatic rings. The second-order valence-electron chi connectivity index (χ2n) is 9.16. The highest BCUT2D eigenvalue weighted by Crippen LogP contribution is 2.44. The van der Waals surface area contributed by atoms with Crippen molar-refractivity contribution in [3.05, 3.63) is 64.8 Å². The highest BCUT2D eigenvalue weighted by atomic mass is 16.5. The maximum Gasteiger partial charge on any atom is 0.125 e. The minimum atomic E-state index is -0.530. The highest BCUT2D eigenvalue weighted by molar-refractivity contribution is 5.84. The highest BCUT2D eigenvalue weighted by Gasteiger charge is 2.43. The van der Waals surface area contributed by atoms with Crippen molar-refractivity contribution in [2.24, 2.45) is 0 Å². The van der Waals surface area contributed by atoms with Crippen LogP contribution in [-0.4, -0.2) is 45.3 Å². The third kappa shape index (κ3) is 3.51. The van der Waals surface area contributed by atoms with Gasteiger partial charge in [0, 0.05) is 54.3 Å². The number of hydrogen-bond donors (Lipinski definition) is 3. The molecule has 0 bridgehead atoms. The molecule has 3 heterocycles. The third-order valence-electron chi connectivity index (χ3n) is 6.84. The van der Waals surface area contributed by atoms with Crippen LogP contribution in [-0.2, 0) is 0 Å². The predicted molar refractivity (Wildman–Crippen MR) is 118 cm³/mol. The van der Waals surface area contributed by atoms with Crippen LogP contribution in [0.15, 0.2) is 42.6 Å². The number of piperidine rings is 1. The molecule has 0 radical (unpaired) electrons. The molecule has 1 spiro atoms. The SMILES string of the molecule is Cc1ccc2c(c1)C(O)CC1(CCN(CC(O)c3c[nH]c4cc(C)ccc34)CC1)O2. The Balaban J connectivity index is 1.25. The van der Waals surface area contributed by atoms with Crippen LogP contribution in [0.2, 0.25) is 0 Å². The van der Waals surface area contributed by atoms with E-state index in [1.54, 1.807) is 0 Å². The second-order valence-corrected chi connectivity index (χ2v) is 9.16. The predicted octanol–water partition coefficient (Wildman–Crippen LogP) is 4.17. The van der Waals surface area contributed by atoms with E-state index >= 15 is 0 Å². The van der Waals surface area contributed by atoms with Crippen LogP contribution < -0.4 is 4.74 Å². The lowest BCUT2D eigenvalue weighted by Crippen LogP contribution is -2.51. The van der Waals surface area contributed by atoms with Crippen molar-refractivity contribution < 1.29 is 14.9 Å². The molecule has 1 fully saturated rings. The average Bonchev–Trinajstić information content (AvgIpc) is 3.14. The van der Waals surface area contributed by atoms with Gasteiger partial charge in [-0.1, -0.05) is 23.8 Å². The van der Waals surface area contributed by atoms with Crippen molar-refractivity contribution in [1.82, 2.24) is 9.88 Å². The smallest absolute Gasteiger partial charge is 0.125 e. The molecule has 0 aliphatic carbocycles. The lowest BCUT2D eigenvalue weighted by Gasteiger charge is -2.46. The summed E-state index contributed by atoms with van der Waals surface area (Å²) < 4.78 is 6.43. The topological polar surface area (TPSA) is 68.7 Å². The molecule has 3 aromatic rings. The number of ether oxygens (including phenoxy) is 1. The summed E-state index contributed by atoms with van der Waals surface area (Å²) in [6.07, 6.45) is 3.29. The monoisotopic (exact) mass is 406 g/mol. The Bertz CT molecular complexity index is 1070. The minimum Gasteiger partial charge on any atom is -0.487 e. The summed E-state index contributed by atoms with van der Waals surface area (Å²) in [6.45, 7) is 6.42. The van der Waals surface area contributed by atoms with Gasteiger partial charge in [0.15, 0.2) is 0 Å². The summed E-state index contributed by atoms with van der Waals surface area (Å²) >= 11 is 0. The normalized spacial score (nSPS) is 22.1. The number of aliphatic hydroxyl groups excluding tert-OH is 2. The molecule has 2 aromatic carbocycles. The van der Waals surface area contributed by atoms with E-state index in [0.29, 0.717) is 13.0 Å². The number of aromatic nitrogens is 1. The fourth-order valence-electron chi connectivity index (χ4n) is 5.09. The summed E-state index contributed by atoms with van der Waals surface area (Å²) in [5, 5.41) is 22.7. The molecule has 5 rings (SSSR count). The van der Waals surface area contributed by atoms with Crippen LogP contribution >= 0.6 is 0 Å². The van der Waals surface area contributed by atoms with Crippen molar-refractivity contribution >= 4 is 10.9 Å². The summed E-state index contributed by atoms with van der Waals surface area (Å²) in [6, 6.07) is 12.3. The largest absolute Gasteiger partial charge is 0.487 e. The lowest BCUT2D eigenvalue weighted by molar-refractivity contribution is -0.0587. The van der Waals surface area contributed by atoms with Gasteiger partial charge in [-0.3, -0.25) is 0 Å². The van der Waals surface area contributed by atoms with E-state index in [-0.39, 0.29) is 5.60 Å². The summed E-state index contributed by atoms with van der Waals surface area (Å²) in [7, 11) is 0. The van der Waals surface area contributed by atoms with E-state index in [1.807, 2.05) is 31.3 Å². The molecule has 5 nitrogen and oxygen atoms in total. The summed E-state index contributed by atoms with van der Waals surface area (Å²) in [5.74, 6) is 0.821. The Hall–Kier alpha value is -2.34. The Morgan fingerprint density at radius 2 is 1.87 bits per heavy atom. The van der Waals surface area contributed by atoms with E-state index in [9.17, 15) is 10.2 Å². The number of benzene rings is 2. The standard InChI is InChI=1S/C25H30N2O3/c1-16-4-6-24-19(11-16)22(28)13-25(30-24)7-9-27(10-8-25)15-23(29)20-14-26-21-12-17(2)3-5-18(20)21/h3-6,11-12,14,22-23,26,28-29H,7-10,13,15H2,1-2H3. The Labute approximate surface area is 177 Å². The summed E-state index contributed by atoms with van der Waals surface area (Å²) in [5.41, 5.74) is 4.98. The van der Waals surface area contributed by atoms with E-state index in [4.69, 9.17) is 4.74 Å². The van der Waals surface area contributed by atoms with Gasteiger partial charge in [-0.25, -0.2) is 0 Å². The van der Waals surface area contributed by atoms with Crippen molar-refractivity contribution in [2.75, 3.05) is 19.6 Å². The van der Waals surface area contributed by atoms with Crippen molar-refractivity contribution in [1.29, 1.82) is 0 Å². The van der Waals surface area contributed by atoms with Crippen molar-refractivity contribution in [2.45, 2.75) is 50.9 Å². The molecule has 2 aliphatic heterocycles. The zero-order valence-electron chi connectivity index (χ0n) is 17.7. The average molecular weight is 407 g/mol. The van der Waals surface area contributed by atoms with Gasteiger partial charge in [0.2, 0.25) is 0 Å². The first kappa shape index (κ1) is 19.6. The molecule has 5 heteroatoms. The quantitative estimate of drug-likeness (QED) is 0.611. The molecular formula is C25H30N2O3. The van der Waals surface area contributed by atoms with Crippen LogP contribution in [0.25, 0.3) is 10.9 Å². The molecule has 1 saturated heterocycles. The maximum absolute atomic E-state index is 10.9. The number of fused-ring (bicyclic) bond motifs is 2. The maximum atomic E-state index is 10.9. The molecule has 158 valence electrons. The number of β-amino-alcohol motifs (C(OH)–C–C–N with tert-alkyl or cyclic N) is 1. The molecule has 3 N–H and O–H groups in total. The molecule has 2 unspecified atom stereocenters. The zero-order valence-corrected chi connectivity index (χ0v) is 17.7. The number of H-pyrrole nitrogens is 1. The Morgan fingerprint density at radius 1 is 1.13 bits per heavy atom. The van der Waals surface area contributed by atoms with Gasteiger partial charge in [-0.15, -0.1) is 0 Å². The van der Waals surface area contributed by atoms with Crippen molar-refractivity contribution in [3.63, 3.8) is 0 Å². The van der Waals surface area contributed by atoms with Gasteiger partial charge < -0.3 is 24.8 Å². The first-order chi connectivity index (χ1) is 14.4. The van der Waals surface area contributed by atoms with Crippen LogP contribution in [0.3, 0.4) is 0 Å². The van der Waals surface area contributed by atoms with Gasteiger partial charge in [0.05, 0.1) is 12.2 Å². The number of rotatable bonds is 3. The zero-order chi connectivity index (χ0) is 20.9. The van der Waals surface area contributed by atoms with Gasteiger partial charge in [0.25, 0.3) is 0 Å². The molecule has 2 atom stereocenters. The first-order valence-electron chi connectivity index (χ1n) is 10.9. The van der Waals surface area contributed by atoms with Gasteiger partial charge in [-0.05, 0) is 50.5 Å². The number of nitrogens with one attached hydrogen (secondary N) is 1. The molecule has 0 amide bonds. The van der Waals surface area contributed by atoms with Gasteiger partial charge >= 0.3 is 0 Å². The minimum absolute atomic E-state index is 0.304. The number of aryl methyl sites for hydroxylation is 2. The van der Waals surface area contributed by atoms with Gasteiger partial charge in [-0.2, -0.15) is 0 Å². The fraction of sp³-hybridized carbons (Fsp3) is 0.440. The Morgan fingerprint density at radius 3 is 2.67 bits per heavy atom. The second kappa shape index (κ2) is 7.41. The van der Waals surface area contributed by atoms with Crippen LogP contribution in [0, 0.1) is 13.8 Å². The van der Waals surface area contributed by atoms with Crippen LogP contribution in [0.5, 0.6) is 5.75 Å². The van der Waals surface area contributed by atoms with Crippen LogP contribution in [0.4, 0.5) is 0 Å². The van der Waals surface area contributed by atoms with E-state index < -0.39 is 12.2 Å². The summed E-state index contributed by atoms with van der Waals surface area (Å²) in [4.78, 5) is 5.59. The molecule has 1 aromatic heterocycles. The molecule has 0 saturated carbocycles. The van der Waals surface area contributed by atoms with E-state index in [2.05, 4.69) is 35.0 Å². The first-order valence-corrected chi connectivity index (χ1v) is 10.9.